The molecule has 9 nitrogen and oxygen atoms in total. The van der Waals surface area contributed by atoms with E-state index in [1.807, 2.05) is 13.8 Å². The number of carbonyl (C=O) groups is 1. The van der Waals surface area contributed by atoms with E-state index < -0.39 is 10.0 Å². The molecule has 1 fully saturated rings. The minimum absolute atomic E-state index is 0.0557. The SMILES string of the molecule is Cc1noc(C)c1CO[C@H]1CCOC[C@H]1NC(=O)CCNS(C)(=O)=O. The summed E-state index contributed by atoms with van der Waals surface area (Å²) in [5.41, 5.74) is 1.70. The second-order valence-electron chi connectivity index (χ2n) is 6.11. The molecule has 0 saturated carbocycles. The minimum Gasteiger partial charge on any atom is -0.379 e. The number of hydrogen-bond donors (Lipinski definition) is 2. The molecule has 10 heteroatoms. The fraction of sp³-hybridized carbons (Fsp3) is 0.733. The molecule has 2 rings (SSSR count). The summed E-state index contributed by atoms with van der Waals surface area (Å²) in [5, 5.41) is 6.75. The minimum atomic E-state index is -3.30. The van der Waals surface area contributed by atoms with E-state index in [-0.39, 0.29) is 31.0 Å². The number of ether oxygens (including phenoxy) is 2. The van der Waals surface area contributed by atoms with Crippen LogP contribution in [0.2, 0.25) is 0 Å². The van der Waals surface area contributed by atoms with Gasteiger partial charge in [-0.1, -0.05) is 5.16 Å². The fourth-order valence-corrected chi connectivity index (χ4v) is 3.05. The normalized spacial score (nSPS) is 21.2. The van der Waals surface area contributed by atoms with Crippen LogP contribution < -0.4 is 10.0 Å². The zero-order valence-electron chi connectivity index (χ0n) is 14.7. The number of aromatic nitrogens is 1. The van der Waals surface area contributed by atoms with Crippen LogP contribution in [0.3, 0.4) is 0 Å². The largest absolute Gasteiger partial charge is 0.379 e. The van der Waals surface area contributed by atoms with E-state index >= 15 is 0 Å². The molecule has 0 unspecified atom stereocenters. The maximum Gasteiger partial charge on any atom is 0.221 e. The number of amides is 1. The summed E-state index contributed by atoms with van der Waals surface area (Å²) < 4.78 is 40.8. The molecule has 0 aromatic carbocycles. The number of hydrogen-bond acceptors (Lipinski definition) is 7. The number of aryl methyl sites for hydroxylation is 2. The number of nitrogens with zero attached hydrogens (tertiary/aromatic N) is 1. The monoisotopic (exact) mass is 375 g/mol. The van der Waals surface area contributed by atoms with Crippen molar-refractivity contribution in [2.75, 3.05) is 26.0 Å². The summed E-state index contributed by atoms with van der Waals surface area (Å²) in [5.74, 6) is 0.467. The summed E-state index contributed by atoms with van der Waals surface area (Å²) in [6.45, 7) is 5.02. The Morgan fingerprint density at radius 1 is 1.40 bits per heavy atom. The van der Waals surface area contributed by atoms with Crippen LogP contribution in [0.1, 0.15) is 29.9 Å². The lowest BCUT2D eigenvalue weighted by atomic mass is 10.1. The third kappa shape index (κ3) is 6.38. The molecule has 142 valence electrons. The van der Waals surface area contributed by atoms with Gasteiger partial charge in [0.15, 0.2) is 0 Å². The third-order valence-corrected chi connectivity index (χ3v) is 4.71. The van der Waals surface area contributed by atoms with Crippen molar-refractivity contribution in [3.63, 3.8) is 0 Å². The van der Waals surface area contributed by atoms with Gasteiger partial charge in [-0.25, -0.2) is 13.1 Å². The van der Waals surface area contributed by atoms with Crippen molar-refractivity contribution in [3.05, 3.63) is 17.0 Å². The van der Waals surface area contributed by atoms with Crippen molar-refractivity contribution >= 4 is 15.9 Å². The molecule has 0 aliphatic carbocycles. The quantitative estimate of drug-likeness (QED) is 0.657. The lowest BCUT2D eigenvalue weighted by Gasteiger charge is -2.32. The van der Waals surface area contributed by atoms with Crippen LogP contribution >= 0.6 is 0 Å². The average Bonchev–Trinajstić information content (AvgIpc) is 2.84. The highest BCUT2D eigenvalue weighted by Gasteiger charge is 2.28. The molecule has 1 aromatic rings. The summed E-state index contributed by atoms with van der Waals surface area (Å²) in [4.78, 5) is 12.0. The van der Waals surface area contributed by atoms with Crippen molar-refractivity contribution in [2.24, 2.45) is 0 Å². The Morgan fingerprint density at radius 2 is 2.16 bits per heavy atom. The van der Waals surface area contributed by atoms with E-state index in [2.05, 4.69) is 15.2 Å². The standard InChI is InChI=1S/C15H25N3O6S/c1-10-12(11(2)24-18-10)8-23-14-5-7-22-9-13(14)17-15(19)4-6-16-25(3,20)21/h13-14,16H,4-9H2,1-3H3,(H,17,19)/t13-,14+/m1/s1. The molecule has 2 heterocycles. The number of sulfonamides is 1. The Kier molecular flexibility index (Phi) is 6.94. The summed E-state index contributed by atoms with van der Waals surface area (Å²) in [7, 11) is -3.30. The molecule has 0 radical (unpaired) electrons. The predicted molar refractivity (Wildman–Crippen MR) is 89.4 cm³/mol. The van der Waals surface area contributed by atoms with Gasteiger partial charge in [-0.3, -0.25) is 4.79 Å². The van der Waals surface area contributed by atoms with E-state index in [1.54, 1.807) is 0 Å². The smallest absolute Gasteiger partial charge is 0.221 e. The molecule has 2 atom stereocenters. The van der Waals surface area contributed by atoms with Crippen molar-refractivity contribution in [2.45, 2.75) is 45.4 Å². The van der Waals surface area contributed by atoms with Gasteiger partial charge < -0.3 is 19.3 Å². The van der Waals surface area contributed by atoms with Gasteiger partial charge in [-0.15, -0.1) is 0 Å². The molecule has 1 saturated heterocycles. The van der Waals surface area contributed by atoms with Gasteiger partial charge in [-0.2, -0.15) is 0 Å². The molecule has 25 heavy (non-hydrogen) atoms. The van der Waals surface area contributed by atoms with Gasteiger partial charge >= 0.3 is 0 Å². The van der Waals surface area contributed by atoms with E-state index in [0.29, 0.717) is 26.2 Å². The molecule has 1 aliphatic heterocycles. The van der Waals surface area contributed by atoms with Crippen LogP contribution in [0.5, 0.6) is 0 Å². The lowest BCUT2D eigenvalue weighted by molar-refractivity contribution is -0.126. The second-order valence-corrected chi connectivity index (χ2v) is 7.94. The van der Waals surface area contributed by atoms with Crippen LogP contribution in [0, 0.1) is 13.8 Å². The van der Waals surface area contributed by atoms with E-state index in [0.717, 1.165) is 23.3 Å². The number of carbonyl (C=O) groups excluding carboxylic acids is 1. The molecule has 1 aliphatic rings. The Morgan fingerprint density at radius 3 is 2.80 bits per heavy atom. The van der Waals surface area contributed by atoms with Crippen molar-refractivity contribution in [1.82, 2.24) is 15.2 Å². The third-order valence-electron chi connectivity index (χ3n) is 3.98. The first kappa shape index (κ1) is 19.8. The van der Waals surface area contributed by atoms with Gasteiger partial charge in [0.05, 0.1) is 37.3 Å². The first-order valence-corrected chi connectivity index (χ1v) is 10.0. The van der Waals surface area contributed by atoms with Crippen molar-refractivity contribution in [1.29, 1.82) is 0 Å². The molecule has 0 bridgehead atoms. The zero-order valence-corrected chi connectivity index (χ0v) is 15.5. The maximum absolute atomic E-state index is 12.0. The highest BCUT2D eigenvalue weighted by atomic mass is 32.2. The van der Waals surface area contributed by atoms with Crippen LogP contribution in [-0.2, 0) is 30.9 Å². The molecule has 1 amide bonds. The van der Waals surface area contributed by atoms with Gasteiger partial charge in [0.2, 0.25) is 15.9 Å². The predicted octanol–water partition coefficient (Wildman–Crippen LogP) is 0.0210. The fourth-order valence-electron chi connectivity index (χ4n) is 2.58. The van der Waals surface area contributed by atoms with E-state index in [1.165, 1.54) is 0 Å². The van der Waals surface area contributed by atoms with Crippen molar-refractivity contribution < 1.29 is 27.2 Å². The summed E-state index contributed by atoms with van der Waals surface area (Å²) in [6, 6.07) is -0.278. The maximum atomic E-state index is 12.0. The first-order valence-electron chi connectivity index (χ1n) is 8.11. The topological polar surface area (TPSA) is 120 Å². The summed E-state index contributed by atoms with van der Waals surface area (Å²) in [6.07, 6.45) is 1.59. The van der Waals surface area contributed by atoms with Crippen LogP contribution in [0.4, 0.5) is 0 Å². The van der Waals surface area contributed by atoms with Crippen LogP contribution in [-0.4, -0.2) is 57.6 Å². The van der Waals surface area contributed by atoms with Gasteiger partial charge in [0, 0.05) is 25.1 Å². The molecule has 0 spiro atoms. The first-order chi connectivity index (χ1) is 11.8. The van der Waals surface area contributed by atoms with E-state index in [9.17, 15) is 13.2 Å². The lowest BCUT2D eigenvalue weighted by Crippen LogP contribution is -2.50. The Labute approximate surface area is 147 Å². The Bertz CT molecular complexity index is 668. The van der Waals surface area contributed by atoms with Gasteiger partial charge in [-0.05, 0) is 20.3 Å². The zero-order chi connectivity index (χ0) is 18.4. The van der Waals surface area contributed by atoms with Crippen molar-refractivity contribution in [3.8, 4) is 0 Å². The Hall–Kier alpha value is -1.49. The molecular formula is C15H25N3O6S. The highest BCUT2D eigenvalue weighted by Crippen LogP contribution is 2.18. The average molecular weight is 375 g/mol. The van der Waals surface area contributed by atoms with Gasteiger partial charge in [0.25, 0.3) is 0 Å². The van der Waals surface area contributed by atoms with E-state index in [4.69, 9.17) is 14.0 Å². The number of nitrogens with one attached hydrogen (secondary N) is 2. The number of rotatable bonds is 8. The van der Waals surface area contributed by atoms with Gasteiger partial charge in [0.1, 0.15) is 5.76 Å². The summed E-state index contributed by atoms with van der Waals surface area (Å²) >= 11 is 0. The second kappa shape index (κ2) is 8.75. The highest BCUT2D eigenvalue weighted by molar-refractivity contribution is 7.88. The van der Waals surface area contributed by atoms with Crippen LogP contribution in [0.25, 0.3) is 0 Å². The molecule has 2 N–H and O–H groups in total. The molecular weight excluding hydrogens is 350 g/mol. The van der Waals surface area contributed by atoms with Crippen LogP contribution in [0.15, 0.2) is 4.52 Å². The Balaban J connectivity index is 1.84. The molecule has 1 aromatic heterocycles.